The number of thiophene rings is 1. The molecule has 0 unspecified atom stereocenters. The summed E-state index contributed by atoms with van der Waals surface area (Å²) in [4.78, 5) is 24.6. The highest BCUT2D eigenvalue weighted by Crippen LogP contribution is 2.41. The van der Waals surface area contributed by atoms with E-state index in [-0.39, 0.29) is 11.9 Å². The molecule has 2 aromatic carbocycles. The van der Waals surface area contributed by atoms with Gasteiger partial charge in [0.15, 0.2) is 0 Å². The summed E-state index contributed by atoms with van der Waals surface area (Å²) in [5.41, 5.74) is 5.69. The maximum Gasteiger partial charge on any atom is 0.256 e. The third-order valence-electron chi connectivity index (χ3n) is 5.69. The summed E-state index contributed by atoms with van der Waals surface area (Å²) in [6, 6.07) is 19.5. The van der Waals surface area contributed by atoms with E-state index in [4.69, 9.17) is 0 Å². The van der Waals surface area contributed by atoms with Gasteiger partial charge in [0.2, 0.25) is 5.95 Å². The Morgan fingerprint density at radius 1 is 0.941 bits per heavy atom. The number of aryl methyl sites for hydroxylation is 3. The molecule has 0 fully saturated rings. The molecule has 5 nitrogen and oxygen atoms in total. The molecule has 0 saturated heterocycles. The minimum absolute atomic E-state index is 0.123. The molecule has 0 radical (unpaired) electrons. The molecule has 1 atom stereocenters. The van der Waals surface area contributed by atoms with Crippen LogP contribution in [0.2, 0.25) is 0 Å². The first kappa shape index (κ1) is 24.0. The lowest BCUT2D eigenvalue weighted by Crippen LogP contribution is -2.19. The molecule has 0 aliphatic rings. The highest BCUT2D eigenvalue weighted by atomic mass is 32.2. The fourth-order valence-corrected chi connectivity index (χ4v) is 5.39. The molecule has 2 aromatic heterocycles. The van der Waals surface area contributed by atoms with Gasteiger partial charge in [-0.2, -0.15) is 0 Å². The topological polar surface area (TPSA) is 66.9 Å². The van der Waals surface area contributed by atoms with Gasteiger partial charge in [-0.15, -0.1) is 23.1 Å². The Morgan fingerprint density at radius 2 is 1.59 bits per heavy atom. The van der Waals surface area contributed by atoms with Gasteiger partial charge >= 0.3 is 0 Å². The quantitative estimate of drug-likeness (QED) is 0.276. The van der Waals surface area contributed by atoms with Gasteiger partial charge in [-0.05, 0) is 75.4 Å². The first-order chi connectivity index (χ1) is 16.4. The van der Waals surface area contributed by atoms with Gasteiger partial charge in [0.05, 0.1) is 6.04 Å². The molecular formula is C27H28N4OS2. The van der Waals surface area contributed by atoms with Crippen LogP contribution in [-0.2, 0) is 0 Å². The number of thioether (sulfide) groups is 1. The van der Waals surface area contributed by atoms with Gasteiger partial charge in [0.1, 0.15) is 5.00 Å². The molecule has 0 aliphatic heterocycles. The lowest BCUT2D eigenvalue weighted by molar-refractivity contribution is 0.102. The first-order valence-electron chi connectivity index (χ1n) is 11.0. The molecule has 4 aromatic rings. The van der Waals surface area contributed by atoms with Crippen LogP contribution in [0, 0.1) is 27.7 Å². The molecule has 1 amide bonds. The number of hydrogen-bond acceptors (Lipinski definition) is 6. The average Bonchev–Trinajstić information content (AvgIpc) is 3.10. The number of rotatable bonds is 7. The fraction of sp³-hybridized carbons (Fsp3) is 0.222. The van der Waals surface area contributed by atoms with E-state index in [9.17, 15) is 4.79 Å². The summed E-state index contributed by atoms with van der Waals surface area (Å²) in [6.45, 7) is 8.12. The maximum atomic E-state index is 13.0. The fourth-order valence-electron chi connectivity index (χ4n) is 3.89. The van der Waals surface area contributed by atoms with Crippen LogP contribution in [0.15, 0.2) is 65.6 Å². The molecule has 7 heteroatoms. The van der Waals surface area contributed by atoms with Crippen LogP contribution in [0.5, 0.6) is 0 Å². The SMILES string of the molecule is CSc1ccc([C@H](Nc2nc(C)cc(C)n2)c2c(NC(=O)c3ccccc3)sc(C)c2C)cc1. The standard InChI is InChI=1S/C27H28N4OS2/c1-16-15-17(2)29-27(28-16)30-24(20-11-13-22(33-5)14-12-20)23-18(3)19(4)34-26(23)31-25(32)21-9-7-6-8-10-21/h6-15,24H,1-5H3,(H,31,32)(H,28,29,30)/t24-/m0/s1. The highest BCUT2D eigenvalue weighted by molar-refractivity contribution is 7.98. The number of nitrogens with zero attached hydrogens (tertiary/aromatic N) is 2. The Balaban J connectivity index is 1.79. The predicted octanol–water partition coefficient (Wildman–Crippen LogP) is 6.95. The lowest BCUT2D eigenvalue weighted by Gasteiger charge is -2.22. The van der Waals surface area contributed by atoms with Crippen molar-refractivity contribution in [1.29, 1.82) is 0 Å². The Morgan fingerprint density at radius 3 is 2.21 bits per heavy atom. The van der Waals surface area contributed by atoms with Crippen molar-refractivity contribution in [2.24, 2.45) is 0 Å². The van der Waals surface area contributed by atoms with E-state index in [0.29, 0.717) is 11.5 Å². The molecule has 0 spiro atoms. The molecule has 174 valence electrons. The third kappa shape index (κ3) is 5.32. The second kappa shape index (κ2) is 10.4. The lowest BCUT2D eigenvalue weighted by atomic mass is 9.96. The van der Waals surface area contributed by atoms with Gasteiger partial charge in [0.25, 0.3) is 5.91 Å². The van der Waals surface area contributed by atoms with E-state index in [1.165, 1.54) is 4.90 Å². The highest BCUT2D eigenvalue weighted by Gasteiger charge is 2.25. The molecule has 2 heterocycles. The Bertz CT molecular complexity index is 1280. The smallest absolute Gasteiger partial charge is 0.256 e. The van der Waals surface area contributed by atoms with Crippen LogP contribution in [0.4, 0.5) is 10.9 Å². The van der Waals surface area contributed by atoms with Crippen molar-refractivity contribution in [3.63, 3.8) is 0 Å². The molecule has 4 rings (SSSR count). The second-order valence-corrected chi connectivity index (χ2v) is 10.3. The van der Waals surface area contributed by atoms with Gasteiger partial charge in [-0.25, -0.2) is 9.97 Å². The average molecular weight is 489 g/mol. The van der Waals surface area contributed by atoms with Crippen molar-refractivity contribution in [3.05, 3.63) is 99.2 Å². The van der Waals surface area contributed by atoms with E-state index in [1.54, 1.807) is 23.1 Å². The monoisotopic (exact) mass is 488 g/mol. The third-order valence-corrected chi connectivity index (χ3v) is 7.57. The Labute approximate surface area is 209 Å². The van der Waals surface area contributed by atoms with Crippen LogP contribution < -0.4 is 10.6 Å². The van der Waals surface area contributed by atoms with Crippen molar-refractivity contribution in [1.82, 2.24) is 9.97 Å². The molecule has 2 N–H and O–H groups in total. The van der Waals surface area contributed by atoms with Gasteiger partial charge < -0.3 is 10.6 Å². The van der Waals surface area contributed by atoms with Crippen LogP contribution in [-0.4, -0.2) is 22.1 Å². The van der Waals surface area contributed by atoms with E-state index >= 15 is 0 Å². The predicted molar refractivity (Wildman–Crippen MR) is 143 cm³/mol. The van der Waals surface area contributed by atoms with Crippen LogP contribution >= 0.6 is 23.1 Å². The Hall–Kier alpha value is -3.16. The zero-order valence-corrected chi connectivity index (χ0v) is 21.6. The van der Waals surface area contributed by atoms with Gasteiger partial charge in [-0.3, -0.25) is 4.79 Å². The molecule has 0 saturated carbocycles. The molecule has 34 heavy (non-hydrogen) atoms. The van der Waals surface area contributed by atoms with Crippen LogP contribution in [0.3, 0.4) is 0 Å². The van der Waals surface area contributed by atoms with E-state index in [0.717, 1.165) is 38.0 Å². The molecule has 0 bridgehead atoms. The molecular weight excluding hydrogens is 460 g/mol. The summed E-state index contributed by atoms with van der Waals surface area (Å²) in [6.07, 6.45) is 2.07. The summed E-state index contributed by atoms with van der Waals surface area (Å²) in [5.74, 6) is 0.447. The normalized spacial score (nSPS) is 11.8. The van der Waals surface area contributed by atoms with E-state index < -0.39 is 0 Å². The Kier molecular flexibility index (Phi) is 7.34. The van der Waals surface area contributed by atoms with Crippen molar-refractivity contribution in [3.8, 4) is 0 Å². The van der Waals surface area contributed by atoms with Gasteiger partial charge in [0, 0.05) is 32.3 Å². The van der Waals surface area contributed by atoms with Crippen LogP contribution in [0.25, 0.3) is 0 Å². The largest absolute Gasteiger partial charge is 0.343 e. The van der Waals surface area contributed by atoms with Crippen molar-refractivity contribution in [2.45, 2.75) is 38.6 Å². The zero-order valence-electron chi connectivity index (χ0n) is 20.0. The molecule has 0 aliphatic carbocycles. The number of hydrogen-bond donors (Lipinski definition) is 2. The summed E-state index contributed by atoms with van der Waals surface area (Å²) in [7, 11) is 0. The van der Waals surface area contributed by atoms with E-state index in [2.05, 4.69) is 65.0 Å². The van der Waals surface area contributed by atoms with Gasteiger partial charge in [-0.1, -0.05) is 30.3 Å². The first-order valence-corrected chi connectivity index (χ1v) is 13.1. The number of carbonyl (C=O) groups excluding carboxylic acids is 1. The van der Waals surface area contributed by atoms with Crippen LogP contribution in [0.1, 0.15) is 49.4 Å². The number of carbonyl (C=O) groups is 1. The summed E-state index contributed by atoms with van der Waals surface area (Å²) < 4.78 is 0. The minimum Gasteiger partial charge on any atom is -0.343 e. The van der Waals surface area contributed by atoms with Crippen molar-refractivity contribution >= 4 is 40.0 Å². The summed E-state index contributed by atoms with van der Waals surface area (Å²) >= 11 is 3.30. The van der Waals surface area contributed by atoms with Crippen molar-refractivity contribution < 1.29 is 4.79 Å². The summed E-state index contributed by atoms with van der Waals surface area (Å²) in [5, 5.41) is 7.56. The minimum atomic E-state index is -0.229. The number of anilines is 2. The maximum absolute atomic E-state index is 13.0. The second-order valence-electron chi connectivity index (χ2n) is 8.17. The number of nitrogens with one attached hydrogen (secondary N) is 2. The van der Waals surface area contributed by atoms with Crippen molar-refractivity contribution in [2.75, 3.05) is 16.9 Å². The number of aromatic nitrogens is 2. The zero-order chi connectivity index (χ0) is 24.2. The van der Waals surface area contributed by atoms with E-state index in [1.807, 2.05) is 50.2 Å². The number of amides is 1. The number of benzene rings is 2.